The Bertz CT molecular complexity index is 1080. The molecule has 28 heavy (non-hydrogen) atoms. The number of rotatable bonds is 2. The Kier molecular flexibility index (Phi) is 5.36. The normalized spacial score (nSPS) is 15.9. The summed E-state index contributed by atoms with van der Waals surface area (Å²) in [5.41, 5.74) is 2.88. The molecule has 5 rings (SSSR count). The Labute approximate surface area is 161 Å². The monoisotopic (exact) mass is 377 g/mol. The van der Waals surface area contributed by atoms with Crippen molar-refractivity contribution < 1.29 is 14.3 Å². The predicted octanol–water partition coefficient (Wildman–Crippen LogP) is 1.99. The minimum atomic E-state index is -0.335. The Morgan fingerprint density at radius 3 is 2.61 bits per heavy atom. The zero-order valence-corrected chi connectivity index (χ0v) is 15.2. The Morgan fingerprint density at radius 2 is 1.75 bits per heavy atom. The quantitative estimate of drug-likeness (QED) is 0.679. The molecule has 7 nitrogen and oxygen atoms in total. The van der Waals surface area contributed by atoms with Crippen LogP contribution in [-0.4, -0.2) is 39.8 Å². The largest absolute Gasteiger partial charge is 0.348 e. The molecule has 1 saturated heterocycles. The van der Waals surface area contributed by atoms with Crippen molar-refractivity contribution in [1.29, 1.82) is 0 Å². The van der Waals surface area contributed by atoms with Crippen LogP contribution in [0.15, 0.2) is 59.9 Å². The van der Waals surface area contributed by atoms with Gasteiger partial charge in [0.05, 0.1) is 31.5 Å². The number of aromatic nitrogens is 3. The zero-order chi connectivity index (χ0) is 19.3. The van der Waals surface area contributed by atoms with E-state index in [9.17, 15) is 9.59 Å². The van der Waals surface area contributed by atoms with Crippen LogP contribution in [0.3, 0.4) is 0 Å². The summed E-state index contributed by atoms with van der Waals surface area (Å²) < 4.78 is 12.4. The van der Waals surface area contributed by atoms with Crippen molar-refractivity contribution >= 4 is 22.8 Å². The highest BCUT2D eigenvalue weighted by molar-refractivity contribution is 5.98. The fourth-order valence-electron chi connectivity index (χ4n) is 3.16. The lowest BCUT2D eigenvalue weighted by Crippen LogP contribution is -2.26. The SMILES string of the molecule is O=C1C=Cc2ccncc2C1.O=c1ccc2ccncc2n1CC1OCCO1. The molecule has 0 atom stereocenters. The van der Waals surface area contributed by atoms with Gasteiger partial charge < -0.3 is 14.0 Å². The van der Waals surface area contributed by atoms with Crippen LogP contribution in [0, 0.1) is 0 Å². The maximum atomic E-state index is 11.8. The Hall–Kier alpha value is -3.16. The van der Waals surface area contributed by atoms with Crippen LogP contribution in [-0.2, 0) is 27.2 Å². The molecule has 1 aliphatic heterocycles. The summed E-state index contributed by atoms with van der Waals surface area (Å²) in [5.74, 6) is 0.158. The third kappa shape index (κ3) is 4.05. The van der Waals surface area contributed by atoms with E-state index in [0.29, 0.717) is 26.2 Å². The van der Waals surface area contributed by atoms with Crippen molar-refractivity contribution in [3.05, 3.63) is 76.6 Å². The molecule has 142 valence electrons. The number of fused-ring (bicyclic) bond motifs is 2. The third-order valence-electron chi connectivity index (χ3n) is 4.57. The van der Waals surface area contributed by atoms with Gasteiger partial charge in [-0.05, 0) is 35.4 Å². The Balaban J connectivity index is 0.000000151. The predicted molar refractivity (Wildman–Crippen MR) is 104 cm³/mol. The number of allylic oxidation sites excluding steroid dienone is 1. The van der Waals surface area contributed by atoms with Gasteiger partial charge in [-0.2, -0.15) is 0 Å². The van der Waals surface area contributed by atoms with E-state index in [-0.39, 0.29) is 17.6 Å². The molecule has 1 aliphatic carbocycles. The molecule has 0 radical (unpaired) electrons. The number of ketones is 1. The van der Waals surface area contributed by atoms with Crippen molar-refractivity contribution in [1.82, 2.24) is 14.5 Å². The standard InChI is InChI=1S/C12H12N2O3.C9H7NO/c15-11-2-1-9-3-4-13-7-10(9)14(11)8-12-16-5-6-17-12;11-9-2-1-7-3-4-10-6-8(7)5-9/h1-4,7,12H,5-6,8H2;1-4,6H,5H2. The van der Waals surface area contributed by atoms with Crippen LogP contribution < -0.4 is 5.56 Å². The van der Waals surface area contributed by atoms with Gasteiger partial charge in [-0.25, -0.2) is 0 Å². The van der Waals surface area contributed by atoms with E-state index in [1.165, 1.54) is 0 Å². The molecular formula is C21H19N3O4. The van der Waals surface area contributed by atoms with Crippen LogP contribution in [0.2, 0.25) is 0 Å². The molecule has 0 amide bonds. The summed E-state index contributed by atoms with van der Waals surface area (Å²) in [7, 11) is 0. The van der Waals surface area contributed by atoms with E-state index >= 15 is 0 Å². The van der Waals surface area contributed by atoms with Crippen molar-refractivity contribution in [3.8, 4) is 0 Å². The zero-order valence-electron chi connectivity index (χ0n) is 15.2. The van der Waals surface area contributed by atoms with Crippen LogP contribution in [0.25, 0.3) is 17.0 Å². The van der Waals surface area contributed by atoms with Crippen LogP contribution in [0.5, 0.6) is 0 Å². The van der Waals surface area contributed by atoms with E-state index in [2.05, 4.69) is 9.97 Å². The fourth-order valence-corrected chi connectivity index (χ4v) is 3.16. The van der Waals surface area contributed by atoms with Gasteiger partial charge in [0.15, 0.2) is 12.1 Å². The second kappa shape index (κ2) is 8.24. The van der Waals surface area contributed by atoms with Gasteiger partial charge in [-0.1, -0.05) is 6.08 Å². The molecule has 1 fully saturated rings. The summed E-state index contributed by atoms with van der Waals surface area (Å²) in [6, 6.07) is 7.14. The smallest absolute Gasteiger partial charge is 0.251 e. The maximum absolute atomic E-state index is 11.8. The van der Waals surface area contributed by atoms with Gasteiger partial charge >= 0.3 is 0 Å². The first kappa shape index (κ1) is 18.2. The average Bonchev–Trinajstić information content (AvgIpc) is 3.24. The summed E-state index contributed by atoms with van der Waals surface area (Å²) >= 11 is 0. The van der Waals surface area contributed by atoms with Crippen LogP contribution in [0.1, 0.15) is 11.1 Å². The highest BCUT2D eigenvalue weighted by Crippen LogP contribution is 2.15. The molecule has 3 aromatic rings. The van der Waals surface area contributed by atoms with Crippen molar-refractivity contribution in [2.45, 2.75) is 19.3 Å². The molecule has 0 aromatic carbocycles. The summed E-state index contributed by atoms with van der Waals surface area (Å²) in [6.45, 7) is 1.58. The number of nitrogens with zero attached hydrogens (tertiary/aromatic N) is 3. The summed E-state index contributed by atoms with van der Waals surface area (Å²) in [6.07, 6.45) is 10.5. The molecule has 0 spiro atoms. The average molecular weight is 377 g/mol. The van der Waals surface area contributed by atoms with E-state index in [1.807, 2.05) is 18.2 Å². The molecule has 0 N–H and O–H groups in total. The number of pyridine rings is 3. The molecule has 0 unspecified atom stereocenters. The first-order valence-corrected chi connectivity index (χ1v) is 9.01. The molecule has 0 bridgehead atoms. The highest BCUT2D eigenvalue weighted by Gasteiger charge is 2.17. The van der Waals surface area contributed by atoms with Crippen molar-refractivity contribution in [3.63, 3.8) is 0 Å². The molecular weight excluding hydrogens is 358 g/mol. The lowest BCUT2D eigenvalue weighted by atomic mass is 9.99. The molecule has 4 heterocycles. The van der Waals surface area contributed by atoms with Crippen molar-refractivity contribution in [2.75, 3.05) is 13.2 Å². The van der Waals surface area contributed by atoms with Gasteiger partial charge in [0.2, 0.25) is 0 Å². The number of carbonyl (C=O) groups excluding carboxylic acids is 1. The lowest BCUT2D eigenvalue weighted by molar-refractivity contribution is -0.114. The molecule has 2 aliphatic rings. The summed E-state index contributed by atoms with van der Waals surface area (Å²) in [4.78, 5) is 30.8. The van der Waals surface area contributed by atoms with Crippen LogP contribution >= 0.6 is 0 Å². The molecule has 7 heteroatoms. The fraction of sp³-hybridized carbons (Fsp3) is 0.238. The molecule has 3 aromatic heterocycles. The van der Waals surface area contributed by atoms with E-state index < -0.39 is 0 Å². The lowest BCUT2D eigenvalue weighted by Gasteiger charge is -2.13. The first-order chi connectivity index (χ1) is 13.7. The topological polar surface area (TPSA) is 83.3 Å². The minimum Gasteiger partial charge on any atom is -0.348 e. The van der Waals surface area contributed by atoms with Crippen molar-refractivity contribution in [2.24, 2.45) is 0 Å². The summed E-state index contributed by atoms with van der Waals surface area (Å²) in [5, 5.41) is 0.984. The number of hydrogen-bond donors (Lipinski definition) is 0. The second-order valence-corrected chi connectivity index (χ2v) is 6.44. The van der Waals surface area contributed by atoms with E-state index in [4.69, 9.17) is 9.47 Å². The van der Waals surface area contributed by atoms with E-state index in [1.54, 1.807) is 47.6 Å². The van der Waals surface area contributed by atoms with E-state index in [0.717, 1.165) is 22.0 Å². The van der Waals surface area contributed by atoms with Gasteiger partial charge in [-0.15, -0.1) is 0 Å². The number of hydrogen-bond acceptors (Lipinski definition) is 6. The van der Waals surface area contributed by atoms with Gasteiger partial charge in [0, 0.05) is 36.5 Å². The number of carbonyl (C=O) groups is 1. The first-order valence-electron chi connectivity index (χ1n) is 9.01. The molecule has 0 saturated carbocycles. The minimum absolute atomic E-state index is 0.0652. The Morgan fingerprint density at radius 1 is 0.964 bits per heavy atom. The highest BCUT2D eigenvalue weighted by atomic mass is 16.7. The van der Waals surface area contributed by atoms with Crippen LogP contribution in [0.4, 0.5) is 0 Å². The second-order valence-electron chi connectivity index (χ2n) is 6.44. The maximum Gasteiger partial charge on any atom is 0.251 e. The number of ether oxygens (including phenoxy) is 2. The van der Waals surface area contributed by atoms with Gasteiger partial charge in [0.25, 0.3) is 5.56 Å². The third-order valence-corrected chi connectivity index (χ3v) is 4.57. The van der Waals surface area contributed by atoms with Gasteiger partial charge in [0.1, 0.15) is 0 Å². The van der Waals surface area contributed by atoms with Gasteiger partial charge in [-0.3, -0.25) is 19.6 Å².